The molecule has 5 nitrogen and oxygen atoms in total. The van der Waals surface area contributed by atoms with Gasteiger partial charge in [-0.2, -0.15) is 4.98 Å². The highest BCUT2D eigenvalue weighted by molar-refractivity contribution is 5.57. The van der Waals surface area contributed by atoms with Gasteiger partial charge < -0.3 is 9.84 Å². The summed E-state index contributed by atoms with van der Waals surface area (Å²) in [7, 11) is 1.89. The van der Waals surface area contributed by atoms with E-state index < -0.39 is 0 Å². The fourth-order valence-corrected chi connectivity index (χ4v) is 1.40. The molecule has 0 saturated carbocycles. The highest BCUT2D eigenvalue weighted by Gasteiger charge is 2.10. The number of aryl methyl sites for hydroxylation is 1. The molecular weight excluding hydrogens is 204 g/mol. The average molecular weight is 218 g/mol. The minimum Gasteiger partial charge on any atom is -0.339 e. The summed E-state index contributed by atoms with van der Waals surface area (Å²) in [6.07, 6.45) is 4.24. The van der Waals surface area contributed by atoms with E-state index in [0.29, 0.717) is 11.7 Å². The van der Waals surface area contributed by atoms with Crippen molar-refractivity contribution in [2.24, 2.45) is 0 Å². The lowest BCUT2D eigenvalue weighted by Gasteiger charge is -1.97. The molecule has 84 valence electrons. The second-order valence-corrected chi connectivity index (χ2v) is 3.56. The van der Waals surface area contributed by atoms with Crippen molar-refractivity contribution in [3.63, 3.8) is 0 Å². The first-order valence-corrected chi connectivity index (χ1v) is 5.19. The summed E-state index contributed by atoms with van der Waals surface area (Å²) in [5, 5.41) is 6.98. The Bertz CT molecular complexity index is 467. The molecule has 16 heavy (non-hydrogen) atoms. The third kappa shape index (κ3) is 2.25. The second-order valence-electron chi connectivity index (χ2n) is 3.56. The third-order valence-corrected chi connectivity index (χ3v) is 2.34. The van der Waals surface area contributed by atoms with Crippen LogP contribution in [0.1, 0.15) is 11.5 Å². The monoisotopic (exact) mass is 218 g/mol. The molecule has 0 atom stereocenters. The van der Waals surface area contributed by atoms with Crippen molar-refractivity contribution in [2.45, 2.75) is 13.3 Å². The lowest BCUT2D eigenvalue weighted by atomic mass is 10.1. The normalized spacial score (nSPS) is 10.6. The summed E-state index contributed by atoms with van der Waals surface area (Å²) in [4.78, 5) is 8.38. The number of rotatable bonds is 4. The first kappa shape index (κ1) is 10.8. The maximum Gasteiger partial charge on any atom is 0.228 e. The van der Waals surface area contributed by atoms with Crippen LogP contribution in [0.15, 0.2) is 23.0 Å². The van der Waals surface area contributed by atoms with Gasteiger partial charge in [0.05, 0.1) is 0 Å². The van der Waals surface area contributed by atoms with Crippen LogP contribution < -0.4 is 5.32 Å². The van der Waals surface area contributed by atoms with Crippen molar-refractivity contribution < 1.29 is 4.52 Å². The molecule has 0 aliphatic carbocycles. The number of aromatic nitrogens is 3. The topological polar surface area (TPSA) is 63.8 Å². The minimum atomic E-state index is 0.608. The standard InChI is InChI=1S/C11H14N4O/c1-8-3-6-13-7-9(8)11-14-10(16-15-11)4-5-12-2/h3,6-7,12H,4-5H2,1-2H3. The Morgan fingerprint density at radius 2 is 2.31 bits per heavy atom. The lowest BCUT2D eigenvalue weighted by Crippen LogP contribution is -2.10. The zero-order valence-corrected chi connectivity index (χ0v) is 9.40. The third-order valence-electron chi connectivity index (χ3n) is 2.34. The molecule has 5 heteroatoms. The number of hydrogen-bond acceptors (Lipinski definition) is 5. The molecule has 0 saturated heterocycles. The zero-order valence-electron chi connectivity index (χ0n) is 9.40. The van der Waals surface area contributed by atoms with Crippen molar-refractivity contribution in [1.82, 2.24) is 20.4 Å². The number of pyridine rings is 1. The van der Waals surface area contributed by atoms with Gasteiger partial charge in [0.1, 0.15) is 0 Å². The zero-order chi connectivity index (χ0) is 11.4. The van der Waals surface area contributed by atoms with Crippen LogP contribution in [-0.2, 0) is 6.42 Å². The molecule has 0 radical (unpaired) electrons. The van der Waals surface area contributed by atoms with Crippen LogP contribution in [0.4, 0.5) is 0 Å². The van der Waals surface area contributed by atoms with Crippen molar-refractivity contribution in [2.75, 3.05) is 13.6 Å². The van der Waals surface area contributed by atoms with Crippen molar-refractivity contribution in [1.29, 1.82) is 0 Å². The number of nitrogens with zero attached hydrogens (tertiary/aromatic N) is 3. The predicted octanol–water partition coefficient (Wildman–Crippen LogP) is 1.20. The summed E-state index contributed by atoms with van der Waals surface area (Å²) in [5.41, 5.74) is 2.01. The molecule has 0 aliphatic rings. The van der Waals surface area contributed by atoms with Gasteiger partial charge in [0.25, 0.3) is 0 Å². The van der Waals surface area contributed by atoms with E-state index in [1.54, 1.807) is 12.4 Å². The van der Waals surface area contributed by atoms with E-state index in [1.165, 1.54) is 0 Å². The molecule has 2 rings (SSSR count). The van der Waals surface area contributed by atoms with Gasteiger partial charge in [-0.3, -0.25) is 4.98 Å². The Morgan fingerprint density at radius 1 is 1.44 bits per heavy atom. The first-order chi connectivity index (χ1) is 7.81. The number of likely N-dealkylation sites (N-methyl/N-ethyl adjacent to an activating group) is 1. The van der Waals surface area contributed by atoms with Gasteiger partial charge in [-0.05, 0) is 25.6 Å². The van der Waals surface area contributed by atoms with Gasteiger partial charge in [0.15, 0.2) is 0 Å². The maximum atomic E-state index is 5.15. The van der Waals surface area contributed by atoms with Crippen LogP contribution in [0, 0.1) is 6.92 Å². The largest absolute Gasteiger partial charge is 0.339 e. The van der Waals surface area contributed by atoms with Gasteiger partial charge in [-0.15, -0.1) is 0 Å². The summed E-state index contributed by atoms with van der Waals surface area (Å²) < 4.78 is 5.15. The Labute approximate surface area is 93.9 Å². The van der Waals surface area contributed by atoms with Crippen molar-refractivity contribution in [3.8, 4) is 11.4 Å². The maximum absolute atomic E-state index is 5.15. The number of hydrogen-bond donors (Lipinski definition) is 1. The molecule has 2 aromatic heterocycles. The quantitative estimate of drug-likeness (QED) is 0.835. The summed E-state index contributed by atoms with van der Waals surface area (Å²) in [6.45, 7) is 2.83. The highest BCUT2D eigenvalue weighted by Crippen LogP contribution is 2.18. The van der Waals surface area contributed by atoms with E-state index in [2.05, 4.69) is 20.4 Å². The molecule has 0 bridgehead atoms. The Balaban J connectivity index is 2.22. The van der Waals surface area contributed by atoms with Crippen LogP contribution in [0.2, 0.25) is 0 Å². The van der Waals surface area contributed by atoms with Crippen molar-refractivity contribution >= 4 is 0 Å². The fourth-order valence-electron chi connectivity index (χ4n) is 1.40. The Kier molecular flexibility index (Phi) is 3.26. The van der Waals surface area contributed by atoms with Gasteiger partial charge in [-0.25, -0.2) is 0 Å². The van der Waals surface area contributed by atoms with Gasteiger partial charge in [-0.1, -0.05) is 5.16 Å². The average Bonchev–Trinajstić information content (AvgIpc) is 2.75. The van der Waals surface area contributed by atoms with E-state index in [0.717, 1.165) is 24.1 Å². The van der Waals surface area contributed by atoms with Crippen LogP contribution >= 0.6 is 0 Å². The van der Waals surface area contributed by atoms with E-state index in [1.807, 2.05) is 20.0 Å². The van der Waals surface area contributed by atoms with Gasteiger partial charge >= 0.3 is 0 Å². The van der Waals surface area contributed by atoms with Gasteiger partial charge in [0, 0.05) is 30.9 Å². The van der Waals surface area contributed by atoms with E-state index in [4.69, 9.17) is 4.52 Å². The molecule has 0 aliphatic heterocycles. The first-order valence-electron chi connectivity index (χ1n) is 5.19. The van der Waals surface area contributed by atoms with Crippen LogP contribution in [0.3, 0.4) is 0 Å². The molecular formula is C11H14N4O. The molecule has 0 aromatic carbocycles. The molecule has 0 amide bonds. The fraction of sp³-hybridized carbons (Fsp3) is 0.364. The smallest absolute Gasteiger partial charge is 0.228 e. The van der Waals surface area contributed by atoms with E-state index in [-0.39, 0.29) is 0 Å². The molecule has 0 unspecified atom stereocenters. The van der Waals surface area contributed by atoms with Crippen LogP contribution in [0.25, 0.3) is 11.4 Å². The Morgan fingerprint density at radius 3 is 3.06 bits per heavy atom. The van der Waals surface area contributed by atoms with E-state index in [9.17, 15) is 0 Å². The molecule has 2 heterocycles. The second kappa shape index (κ2) is 4.85. The summed E-state index contributed by atoms with van der Waals surface area (Å²) in [5.74, 6) is 1.25. The predicted molar refractivity (Wildman–Crippen MR) is 59.9 cm³/mol. The van der Waals surface area contributed by atoms with Crippen LogP contribution in [-0.4, -0.2) is 28.7 Å². The molecule has 0 fully saturated rings. The summed E-state index contributed by atoms with van der Waals surface area (Å²) in [6, 6.07) is 1.93. The molecule has 2 aromatic rings. The minimum absolute atomic E-state index is 0.608. The highest BCUT2D eigenvalue weighted by atomic mass is 16.5. The molecule has 0 spiro atoms. The Hall–Kier alpha value is -1.75. The van der Waals surface area contributed by atoms with E-state index >= 15 is 0 Å². The number of nitrogens with one attached hydrogen (secondary N) is 1. The SMILES string of the molecule is CNCCc1nc(-c2cnccc2C)no1. The van der Waals surface area contributed by atoms with Crippen molar-refractivity contribution in [3.05, 3.63) is 29.9 Å². The summed E-state index contributed by atoms with van der Waals surface area (Å²) >= 11 is 0. The lowest BCUT2D eigenvalue weighted by molar-refractivity contribution is 0.377. The van der Waals surface area contributed by atoms with Gasteiger partial charge in [0.2, 0.25) is 11.7 Å². The van der Waals surface area contributed by atoms with Crippen LogP contribution in [0.5, 0.6) is 0 Å². The molecule has 1 N–H and O–H groups in total.